The molecule has 2 aromatic carbocycles. The summed E-state index contributed by atoms with van der Waals surface area (Å²) in [6.45, 7) is 14.1. The van der Waals surface area contributed by atoms with Crippen LogP contribution < -0.4 is 9.47 Å². The highest BCUT2D eigenvalue weighted by Gasteiger charge is 2.22. The van der Waals surface area contributed by atoms with Crippen molar-refractivity contribution in [1.29, 1.82) is 0 Å². The summed E-state index contributed by atoms with van der Waals surface area (Å²) in [6.07, 6.45) is 5.16. The van der Waals surface area contributed by atoms with E-state index in [0.717, 1.165) is 29.7 Å². The molecule has 0 atom stereocenters. The van der Waals surface area contributed by atoms with Crippen LogP contribution in [0.4, 0.5) is 0 Å². The molecule has 0 saturated carbocycles. The van der Waals surface area contributed by atoms with Crippen LogP contribution in [0.3, 0.4) is 0 Å². The van der Waals surface area contributed by atoms with Crippen LogP contribution in [0.2, 0.25) is 0 Å². The Hall–Kier alpha value is -2.75. The molecule has 4 nitrogen and oxygen atoms in total. The number of benzene rings is 2. The molecule has 0 unspecified atom stereocenters. The maximum Gasteiger partial charge on any atom is 0.185 e. The molecular weight excluding hydrogens is 376 g/mol. The maximum absolute atomic E-state index is 12.7. The van der Waals surface area contributed by atoms with Gasteiger partial charge in [0.05, 0.1) is 5.56 Å². The average molecular weight is 411 g/mol. The van der Waals surface area contributed by atoms with Crippen LogP contribution >= 0.6 is 0 Å². The summed E-state index contributed by atoms with van der Waals surface area (Å²) in [5, 5.41) is 9.45. The summed E-state index contributed by atoms with van der Waals surface area (Å²) in [5.74, 6) is 1.40. The number of phenolic OH excluding ortho intramolecular Hbond substituents is 1. The Morgan fingerprint density at radius 1 is 0.933 bits per heavy atom. The zero-order valence-corrected chi connectivity index (χ0v) is 19.2. The zero-order chi connectivity index (χ0) is 22.5. The number of ketones is 1. The highest BCUT2D eigenvalue weighted by molar-refractivity contribution is 6.07. The van der Waals surface area contributed by atoms with Crippen molar-refractivity contribution in [2.75, 3.05) is 0 Å². The smallest absolute Gasteiger partial charge is 0.185 e. The molecule has 0 fully saturated rings. The highest BCUT2D eigenvalue weighted by Crippen LogP contribution is 2.38. The molecule has 30 heavy (non-hydrogen) atoms. The number of hydrogen-bond acceptors (Lipinski definition) is 4. The van der Waals surface area contributed by atoms with Gasteiger partial charge in [0.25, 0.3) is 0 Å². The van der Waals surface area contributed by atoms with Crippen molar-refractivity contribution < 1.29 is 19.4 Å². The quantitative estimate of drug-likeness (QED) is 0.413. The number of aryl methyl sites for hydroxylation is 1. The van der Waals surface area contributed by atoms with E-state index in [-0.39, 0.29) is 11.5 Å². The molecule has 1 N–H and O–H groups in total. The van der Waals surface area contributed by atoms with Gasteiger partial charge >= 0.3 is 0 Å². The monoisotopic (exact) mass is 410 g/mol. The summed E-state index contributed by atoms with van der Waals surface area (Å²) in [6, 6.07) is 10.2. The van der Waals surface area contributed by atoms with E-state index in [9.17, 15) is 9.90 Å². The lowest BCUT2D eigenvalue weighted by atomic mass is 10.0. The molecule has 162 valence electrons. The fourth-order valence-corrected chi connectivity index (χ4v) is 2.98. The Balaban J connectivity index is 2.56. The van der Waals surface area contributed by atoms with E-state index in [0.29, 0.717) is 11.3 Å². The Morgan fingerprint density at radius 2 is 1.53 bits per heavy atom. The Kier molecular flexibility index (Phi) is 7.35. The predicted molar refractivity (Wildman–Crippen MR) is 123 cm³/mol. The number of rotatable bonds is 7. The Bertz CT molecular complexity index is 894. The molecule has 0 heterocycles. The van der Waals surface area contributed by atoms with E-state index in [2.05, 4.69) is 6.92 Å². The maximum atomic E-state index is 12.7. The molecule has 0 aliphatic carbocycles. The second-order valence-corrected chi connectivity index (χ2v) is 9.39. The van der Waals surface area contributed by atoms with Crippen molar-refractivity contribution in [3.8, 4) is 17.2 Å². The molecule has 2 rings (SSSR count). The van der Waals surface area contributed by atoms with Crippen molar-refractivity contribution >= 4 is 11.9 Å². The molecule has 0 bridgehead atoms. The van der Waals surface area contributed by atoms with Gasteiger partial charge in [0.2, 0.25) is 0 Å². The van der Waals surface area contributed by atoms with Crippen LogP contribution in [0.25, 0.3) is 6.08 Å². The fourth-order valence-electron chi connectivity index (χ4n) is 2.98. The first-order chi connectivity index (χ1) is 13.9. The summed E-state index contributed by atoms with van der Waals surface area (Å²) in [7, 11) is 0. The molecule has 0 aliphatic rings. The molecular formula is C26H34O4. The minimum Gasteiger partial charge on any atom is -0.508 e. The van der Waals surface area contributed by atoms with E-state index in [4.69, 9.17) is 9.47 Å². The third-order valence-electron chi connectivity index (χ3n) is 4.13. The summed E-state index contributed by atoms with van der Waals surface area (Å²) < 4.78 is 12.5. The van der Waals surface area contributed by atoms with Gasteiger partial charge in [-0.15, -0.1) is 0 Å². The van der Waals surface area contributed by atoms with Crippen LogP contribution in [0.15, 0.2) is 42.5 Å². The highest BCUT2D eigenvalue weighted by atomic mass is 16.5. The van der Waals surface area contributed by atoms with Crippen LogP contribution in [-0.4, -0.2) is 22.1 Å². The SMILES string of the molecule is CCCc1ccc(OC(C)(C)C)c(C=CC(=O)c2ccc(O)cc2)c1OC(C)(C)C. The van der Waals surface area contributed by atoms with Crippen LogP contribution in [0.5, 0.6) is 17.2 Å². The second kappa shape index (κ2) is 9.38. The zero-order valence-electron chi connectivity index (χ0n) is 19.2. The Morgan fingerprint density at radius 3 is 2.07 bits per heavy atom. The number of phenols is 1. The summed E-state index contributed by atoms with van der Waals surface area (Å²) in [4.78, 5) is 12.7. The molecule has 0 aromatic heterocycles. The van der Waals surface area contributed by atoms with Gasteiger partial charge in [0.1, 0.15) is 28.5 Å². The van der Waals surface area contributed by atoms with Gasteiger partial charge in [-0.3, -0.25) is 4.79 Å². The number of hydrogen-bond donors (Lipinski definition) is 1. The van der Waals surface area contributed by atoms with E-state index in [1.54, 1.807) is 18.2 Å². The summed E-state index contributed by atoms with van der Waals surface area (Å²) >= 11 is 0. The van der Waals surface area contributed by atoms with Gasteiger partial charge < -0.3 is 14.6 Å². The van der Waals surface area contributed by atoms with E-state index >= 15 is 0 Å². The van der Waals surface area contributed by atoms with Crippen LogP contribution in [-0.2, 0) is 6.42 Å². The average Bonchev–Trinajstić information content (AvgIpc) is 2.61. The molecule has 0 saturated heterocycles. The topological polar surface area (TPSA) is 55.8 Å². The van der Waals surface area contributed by atoms with Gasteiger partial charge in [0.15, 0.2) is 5.78 Å². The van der Waals surface area contributed by atoms with Gasteiger partial charge in [-0.2, -0.15) is 0 Å². The molecule has 0 radical (unpaired) electrons. The predicted octanol–water partition coefficient (Wildman–Crippen LogP) is 6.60. The van der Waals surface area contributed by atoms with Crippen molar-refractivity contribution in [1.82, 2.24) is 0 Å². The van der Waals surface area contributed by atoms with E-state index in [1.165, 1.54) is 18.2 Å². The van der Waals surface area contributed by atoms with Crippen molar-refractivity contribution in [3.63, 3.8) is 0 Å². The number of aromatic hydroxyl groups is 1. The molecule has 0 amide bonds. The Labute approximate surface area is 180 Å². The first-order valence-electron chi connectivity index (χ1n) is 10.4. The van der Waals surface area contributed by atoms with Gasteiger partial charge in [-0.25, -0.2) is 0 Å². The number of ether oxygens (including phenoxy) is 2. The normalized spacial score (nSPS) is 12.2. The first kappa shape index (κ1) is 23.5. The lowest BCUT2D eigenvalue weighted by molar-refractivity contribution is 0.104. The summed E-state index contributed by atoms with van der Waals surface area (Å²) in [5.41, 5.74) is 1.56. The van der Waals surface area contributed by atoms with Crippen LogP contribution in [0, 0.1) is 0 Å². The fraction of sp³-hybridized carbons (Fsp3) is 0.423. The van der Waals surface area contributed by atoms with Gasteiger partial charge in [-0.05, 0) is 96.0 Å². The standard InChI is InChI=1S/C26H34O4/c1-8-9-19-12-17-23(29-25(2,3)4)21(24(19)30-26(5,6)7)15-16-22(28)18-10-13-20(27)14-11-18/h10-17,27H,8-9H2,1-7H3. The number of carbonyl (C=O) groups excluding carboxylic acids is 1. The van der Waals surface area contributed by atoms with Gasteiger partial charge in [0, 0.05) is 5.56 Å². The first-order valence-corrected chi connectivity index (χ1v) is 10.4. The van der Waals surface area contributed by atoms with E-state index < -0.39 is 11.2 Å². The van der Waals surface area contributed by atoms with Crippen molar-refractivity contribution in [3.05, 3.63) is 59.2 Å². The molecule has 2 aromatic rings. The molecule has 4 heteroatoms. The van der Waals surface area contributed by atoms with Crippen molar-refractivity contribution in [2.45, 2.75) is 72.5 Å². The lowest BCUT2D eigenvalue weighted by Crippen LogP contribution is -2.26. The minimum atomic E-state index is -0.396. The second-order valence-electron chi connectivity index (χ2n) is 9.39. The number of carbonyl (C=O) groups is 1. The minimum absolute atomic E-state index is 0.129. The van der Waals surface area contributed by atoms with Crippen molar-refractivity contribution in [2.24, 2.45) is 0 Å². The van der Waals surface area contributed by atoms with Crippen LogP contribution in [0.1, 0.15) is 76.4 Å². The number of allylic oxidation sites excluding steroid dienone is 1. The van der Waals surface area contributed by atoms with E-state index in [1.807, 2.05) is 53.7 Å². The van der Waals surface area contributed by atoms with Gasteiger partial charge in [-0.1, -0.05) is 19.4 Å². The lowest BCUT2D eigenvalue weighted by Gasteiger charge is -2.28. The molecule has 0 aliphatic heterocycles. The third kappa shape index (κ3) is 6.94. The largest absolute Gasteiger partial charge is 0.508 e. The molecule has 0 spiro atoms. The third-order valence-corrected chi connectivity index (χ3v) is 4.13.